The van der Waals surface area contributed by atoms with Gasteiger partial charge < -0.3 is 9.47 Å². The topological polar surface area (TPSA) is 61.6 Å². The van der Waals surface area contributed by atoms with Crippen LogP contribution in [0.15, 0.2) is 23.9 Å². The highest BCUT2D eigenvalue weighted by Gasteiger charge is 2.13. The first kappa shape index (κ1) is 9.51. The summed E-state index contributed by atoms with van der Waals surface area (Å²) in [4.78, 5) is 9.99. The molecule has 78 valence electrons. The van der Waals surface area contributed by atoms with Crippen LogP contribution in [0.4, 0.5) is 0 Å². The molecule has 0 saturated heterocycles. The van der Waals surface area contributed by atoms with E-state index in [0.29, 0.717) is 11.5 Å². The van der Waals surface area contributed by atoms with Crippen molar-refractivity contribution in [1.82, 2.24) is 0 Å². The van der Waals surface area contributed by atoms with E-state index >= 15 is 0 Å². The molecule has 0 radical (unpaired) electrons. The molecule has 5 heteroatoms. The van der Waals surface area contributed by atoms with Crippen molar-refractivity contribution in [3.05, 3.63) is 39.6 Å². The van der Waals surface area contributed by atoms with Gasteiger partial charge in [-0.1, -0.05) is 6.07 Å². The largest absolute Gasteiger partial charge is 0.454 e. The Bertz CT molecular complexity index is 439. The van der Waals surface area contributed by atoms with E-state index in [9.17, 15) is 10.1 Å². The van der Waals surface area contributed by atoms with Crippen LogP contribution >= 0.6 is 0 Å². The molecule has 0 fully saturated rings. The predicted octanol–water partition coefficient (Wildman–Crippen LogP) is 2.05. The quantitative estimate of drug-likeness (QED) is 0.550. The van der Waals surface area contributed by atoms with Crippen LogP contribution in [-0.2, 0) is 0 Å². The van der Waals surface area contributed by atoms with Gasteiger partial charge in [-0.25, -0.2) is 0 Å². The fourth-order valence-corrected chi connectivity index (χ4v) is 1.30. The van der Waals surface area contributed by atoms with E-state index in [0.717, 1.165) is 5.56 Å². The van der Waals surface area contributed by atoms with Gasteiger partial charge in [-0.15, -0.1) is 0 Å². The minimum atomic E-state index is -0.426. The Hall–Kier alpha value is -2.04. The van der Waals surface area contributed by atoms with E-state index in [1.807, 2.05) is 0 Å². The summed E-state index contributed by atoms with van der Waals surface area (Å²) in [5.74, 6) is 1.30. The Morgan fingerprint density at radius 3 is 2.93 bits per heavy atom. The van der Waals surface area contributed by atoms with Crippen LogP contribution in [0, 0.1) is 10.1 Å². The highest BCUT2D eigenvalue weighted by Crippen LogP contribution is 2.32. The zero-order valence-electron chi connectivity index (χ0n) is 8.10. The number of benzene rings is 1. The molecule has 1 aromatic rings. The van der Waals surface area contributed by atoms with Gasteiger partial charge in [0.15, 0.2) is 11.5 Å². The SMILES string of the molecule is C/C(=C/c1ccc2c(c1)OCO2)[N+](=O)[O-]. The maximum absolute atomic E-state index is 10.4. The summed E-state index contributed by atoms with van der Waals surface area (Å²) in [6.07, 6.45) is 1.49. The number of allylic oxidation sites excluding steroid dienone is 1. The Morgan fingerprint density at radius 2 is 2.20 bits per heavy atom. The summed E-state index contributed by atoms with van der Waals surface area (Å²) in [5.41, 5.74) is 0.822. The van der Waals surface area contributed by atoms with Crippen LogP contribution in [-0.4, -0.2) is 11.7 Å². The van der Waals surface area contributed by atoms with Crippen molar-refractivity contribution in [3.8, 4) is 11.5 Å². The second-order valence-corrected chi connectivity index (χ2v) is 3.16. The molecule has 1 aliphatic rings. The summed E-state index contributed by atoms with van der Waals surface area (Å²) in [7, 11) is 0. The molecule has 0 unspecified atom stereocenters. The molecule has 1 heterocycles. The van der Waals surface area contributed by atoms with Crippen LogP contribution in [0.3, 0.4) is 0 Å². The van der Waals surface area contributed by atoms with E-state index in [1.54, 1.807) is 18.2 Å². The summed E-state index contributed by atoms with van der Waals surface area (Å²) in [5, 5.41) is 10.4. The first-order chi connectivity index (χ1) is 7.16. The number of hydrogen-bond donors (Lipinski definition) is 0. The van der Waals surface area contributed by atoms with Crippen molar-refractivity contribution in [3.63, 3.8) is 0 Å². The van der Waals surface area contributed by atoms with Gasteiger partial charge in [-0.2, -0.15) is 0 Å². The van der Waals surface area contributed by atoms with E-state index < -0.39 is 4.92 Å². The van der Waals surface area contributed by atoms with Crippen LogP contribution in [0.2, 0.25) is 0 Å². The van der Waals surface area contributed by atoms with Crippen molar-refractivity contribution in [2.75, 3.05) is 6.79 Å². The zero-order valence-corrected chi connectivity index (χ0v) is 8.10. The third-order valence-electron chi connectivity index (χ3n) is 2.06. The second-order valence-electron chi connectivity index (χ2n) is 3.16. The highest BCUT2D eigenvalue weighted by molar-refractivity contribution is 5.57. The Kier molecular flexibility index (Phi) is 2.29. The van der Waals surface area contributed by atoms with Gasteiger partial charge in [0.05, 0.1) is 4.92 Å². The van der Waals surface area contributed by atoms with Gasteiger partial charge in [-0.3, -0.25) is 10.1 Å². The third-order valence-corrected chi connectivity index (χ3v) is 2.06. The molecule has 0 N–H and O–H groups in total. The lowest BCUT2D eigenvalue weighted by atomic mass is 10.2. The number of fused-ring (bicyclic) bond motifs is 1. The molecule has 5 nitrogen and oxygen atoms in total. The van der Waals surface area contributed by atoms with Gasteiger partial charge >= 0.3 is 0 Å². The molecule has 0 aliphatic carbocycles. The molecule has 1 aromatic carbocycles. The van der Waals surface area contributed by atoms with E-state index in [2.05, 4.69) is 0 Å². The van der Waals surface area contributed by atoms with E-state index in [-0.39, 0.29) is 12.5 Å². The van der Waals surface area contributed by atoms with Gasteiger partial charge in [-0.05, 0) is 17.7 Å². The maximum Gasteiger partial charge on any atom is 0.243 e. The molecule has 0 amide bonds. The fourth-order valence-electron chi connectivity index (χ4n) is 1.30. The van der Waals surface area contributed by atoms with Crippen LogP contribution in [0.25, 0.3) is 6.08 Å². The highest BCUT2D eigenvalue weighted by atomic mass is 16.7. The smallest absolute Gasteiger partial charge is 0.243 e. The standard InChI is InChI=1S/C10H9NO4/c1-7(11(12)13)4-8-2-3-9-10(5-8)15-6-14-9/h2-5H,6H2,1H3/b7-4-. The second kappa shape index (κ2) is 3.61. The van der Waals surface area contributed by atoms with Crippen molar-refractivity contribution in [1.29, 1.82) is 0 Å². The van der Waals surface area contributed by atoms with Crippen molar-refractivity contribution < 1.29 is 14.4 Å². The van der Waals surface area contributed by atoms with Crippen LogP contribution < -0.4 is 9.47 Å². The average Bonchev–Trinajstić information content (AvgIpc) is 2.64. The van der Waals surface area contributed by atoms with Crippen molar-refractivity contribution in [2.24, 2.45) is 0 Å². The molecular weight excluding hydrogens is 198 g/mol. The van der Waals surface area contributed by atoms with Crippen LogP contribution in [0.1, 0.15) is 12.5 Å². The maximum atomic E-state index is 10.4. The molecule has 0 atom stereocenters. The minimum absolute atomic E-state index is 0.0915. The molecule has 2 rings (SSSR count). The normalized spacial score (nSPS) is 14.1. The molecule has 0 saturated carbocycles. The number of nitro groups is 1. The van der Waals surface area contributed by atoms with E-state index in [1.165, 1.54) is 13.0 Å². The van der Waals surface area contributed by atoms with Crippen molar-refractivity contribution in [2.45, 2.75) is 6.92 Å². The molecule has 0 bridgehead atoms. The lowest BCUT2D eigenvalue weighted by molar-refractivity contribution is -0.422. The number of nitrogens with zero attached hydrogens (tertiary/aromatic N) is 1. The van der Waals surface area contributed by atoms with Gasteiger partial charge in [0.25, 0.3) is 0 Å². The third kappa shape index (κ3) is 1.90. The lowest BCUT2D eigenvalue weighted by Gasteiger charge is -1.97. The molecule has 0 spiro atoms. The predicted molar refractivity (Wildman–Crippen MR) is 53.2 cm³/mol. The number of ether oxygens (including phenoxy) is 2. The fraction of sp³-hybridized carbons (Fsp3) is 0.200. The Morgan fingerprint density at radius 1 is 1.47 bits per heavy atom. The molecule has 0 aromatic heterocycles. The van der Waals surface area contributed by atoms with Gasteiger partial charge in [0, 0.05) is 13.0 Å². The summed E-state index contributed by atoms with van der Waals surface area (Å²) in [6.45, 7) is 1.65. The van der Waals surface area contributed by atoms with Gasteiger partial charge in [0.1, 0.15) is 0 Å². The molecular formula is C10H9NO4. The minimum Gasteiger partial charge on any atom is -0.454 e. The monoisotopic (exact) mass is 207 g/mol. The number of hydrogen-bond acceptors (Lipinski definition) is 4. The Labute approximate surface area is 86.1 Å². The van der Waals surface area contributed by atoms with Gasteiger partial charge in [0.2, 0.25) is 12.5 Å². The summed E-state index contributed by atoms with van der Waals surface area (Å²) in [6, 6.07) is 5.21. The average molecular weight is 207 g/mol. The Balaban J connectivity index is 2.31. The van der Waals surface area contributed by atoms with E-state index in [4.69, 9.17) is 9.47 Å². The molecule has 15 heavy (non-hydrogen) atoms. The molecule has 1 aliphatic heterocycles. The zero-order chi connectivity index (χ0) is 10.8. The summed E-state index contributed by atoms with van der Waals surface area (Å²) >= 11 is 0. The van der Waals surface area contributed by atoms with Crippen molar-refractivity contribution >= 4 is 6.08 Å². The first-order valence-corrected chi connectivity index (χ1v) is 4.39. The first-order valence-electron chi connectivity index (χ1n) is 4.39. The van der Waals surface area contributed by atoms with Crippen LogP contribution in [0.5, 0.6) is 11.5 Å². The number of rotatable bonds is 2. The summed E-state index contributed by atoms with van der Waals surface area (Å²) < 4.78 is 10.3. The lowest BCUT2D eigenvalue weighted by Crippen LogP contribution is -1.93.